The zero-order valence-electron chi connectivity index (χ0n) is 17.9. The van der Waals surface area contributed by atoms with Crippen LogP contribution in [0.15, 0.2) is 76.8 Å². The van der Waals surface area contributed by atoms with E-state index in [1.54, 1.807) is 60.8 Å². The van der Waals surface area contributed by atoms with E-state index in [-0.39, 0.29) is 22.8 Å². The summed E-state index contributed by atoms with van der Waals surface area (Å²) in [5, 5.41) is 3.52. The van der Waals surface area contributed by atoms with E-state index >= 15 is 0 Å². The summed E-state index contributed by atoms with van der Waals surface area (Å²) >= 11 is 1.11. The summed E-state index contributed by atoms with van der Waals surface area (Å²) < 4.78 is 6.17. The van der Waals surface area contributed by atoms with Gasteiger partial charge in [-0.1, -0.05) is 42.1 Å². The quantitative estimate of drug-likeness (QED) is 0.266. The average molecular weight is 461 g/mol. The van der Waals surface area contributed by atoms with Gasteiger partial charge in [0, 0.05) is 6.20 Å². The molecule has 0 aliphatic carbocycles. The summed E-state index contributed by atoms with van der Waals surface area (Å²) in [5.74, 6) is -0.523. The Hall–Kier alpha value is -3.98. The molecule has 1 N–H and O–H groups in total. The number of carbonyl (C=O) groups excluding carboxylic acids is 2. The van der Waals surface area contributed by atoms with Gasteiger partial charge in [-0.2, -0.15) is 0 Å². The number of carbonyl (C=O) groups is 2. The van der Waals surface area contributed by atoms with Crippen LogP contribution in [0.4, 0.5) is 5.69 Å². The van der Waals surface area contributed by atoms with E-state index in [9.17, 15) is 14.4 Å². The second kappa shape index (κ2) is 9.66. The lowest BCUT2D eigenvalue weighted by atomic mass is 10.2. The molecule has 9 heteroatoms. The molecule has 0 radical (unpaired) electrons. The number of hydrogen-bond donors (Lipinski definition) is 1. The van der Waals surface area contributed by atoms with Crippen molar-refractivity contribution >= 4 is 40.2 Å². The van der Waals surface area contributed by atoms with Crippen molar-refractivity contribution in [2.75, 3.05) is 18.2 Å². The molecule has 0 unspecified atom stereocenters. The topological polar surface area (TPSA) is 103 Å². The van der Waals surface area contributed by atoms with Crippen molar-refractivity contribution in [1.29, 1.82) is 0 Å². The minimum atomic E-state index is -0.547. The van der Waals surface area contributed by atoms with E-state index in [4.69, 9.17) is 4.74 Å². The van der Waals surface area contributed by atoms with E-state index in [1.807, 2.05) is 13.0 Å². The molecular weight excluding hydrogens is 440 g/mol. The molecule has 166 valence electrons. The number of nitrogens with one attached hydrogen (secondary N) is 1. The number of rotatable bonds is 6. The van der Waals surface area contributed by atoms with E-state index < -0.39 is 5.97 Å². The highest BCUT2D eigenvalue weighted by Crippen LogP contribution is 2.22. The number of anilines is 1. The Bertz CT molecular complexity index is 1400. The molecule has 0 fully saturated rings. The highest BCUT2D eigenvalue weighted by Gasteiger charge is 2.17. The number of hydrogen-bond acceptors (Lipinski definition) is 7. The van der Waals surface area contributed by atoms with Gasteiger partial charge in [0.15, 0.2) is 5.16 Å². The third kappa shape index (κ3) is 4.78. The first-order chi connectivity index (χ1) is 16.0. The second-order valence-corrected chi connectivity index (χ2v) is 8.06. The molecule has 0 bridgehead atoms. The molecule has 8 nitrogen and oxygen atoms in total. The highest BCUT2D eigenvalue weighted by atomic mass is 32.2. The Kier molecular flexibility index (Phi) is 6.50. The number of aryl methyl sites for hydroxylation is 1. The van der Waals surface area contributed by atoms with Crippen molar-refractivity contribution in [2.24, 2.45) is 0 Å². The molecular formula is C24H20N4O4S. The predicted octanol–water partition coefficient (Wildman–Crippen LogP) is 3.61. The summed E-state index contributed by atoms with van der Waals surface area (Å²) in [6.45, 7) is 1.91. The third-order valence-corrected chi connectivity index (χ3v) is 5.75. The van der Waals surface area contributed by atoms with Crippen LogP contribution in [0.2, 0.25) is 0 Å². The minimum Gasteiger partial charge on any atom is -0.465 e. The van der Waals surface area contributed by atoms with Crippen LogP contribution in [-0.4, -0.2) is 39.3 Å². The van der Waals surface area contributed by atoms with Gasteiger partial charge in [-0.15, -0.1) is 0 Å². The minimum absolute atomic E-state index is 0.0356. The van der Waals surface area contributed by atoms with E-state index in [1.165, 1.54) is 11.7 Å². The Labute approximate surface area is 193 Å². The molecule has 2 aromatic heterocycles. The Morgan fingerprint density at radius 2 is 1.82 bits per heavy atom. The van der Waals surface area contributed by atoms with Gasteiger partial charge in [-0.25, -0.2) is 19.3 Å². The molecule has 0 saturated heterocycles. The number of para-hydroxylation sites is 2. The van der Waals surface area contributed by atoms with Gasteiger partial charge in [0.2, 0.25) is 5.91 Å². The second-order valence-electron chi connectivity index (χ2n) is 7.12. The lowest BCUT2D eigenvalue weighted by Crippen LogP contribution is -2.24. The number of esters is 1. The lowest BCUT2D eigenvalue weighted by molar-refractivity contribution is -0.113. The summed E-state index contributed by atoms with van der Waals surface area (Å²) in [6, 6.07) is 17.2. The van der Waals surface area contributed by atoms with Gasteiger partial charge < -0.3 is 10.1 Å². The molecule has 0 atom stereocenters. The maximum Gasteiger partial charge on any atom is 0.339 e. The lowest BCUT2D eigenvalue weighted by Gasteiger charge is -2.13. The molecule has 2 heterocycles. The number of pyridine rings is 1. The summed E-state index contributed by atoms with van der Waals surface area (Å²) in [4.78, 5) is 46.8. The van der Waals surface area contributed by atoms with Gasteiger partial charge in [0.1, 0.15) is 5.82 Å². The van der Waals surface area contributed by atoms with Crippen LogP contribution >= 0.6 is 11.8 Å². The van der Waals surface area contributed by atoms with Gasteiger partial charge in [0.05, 0.1) is 35.0 Å². The van der Waals surface area contributed by atoms with Crippen molar-refractivity contribution in [1.82, 2.24) is 14.5 Å². The van der Waals surface area contributed by atoms with Crippen LogP contribution in [0.1, 0.15) is 15.9 Å². The van der Waals surface area contributed by atoms with Crippen LogP contribution in [0, 0.1) is 6.92 Å². The van der Waals surface area contributed by atoms with Crippen LogP contribution in [0.3, 0.4) is 0 Å². The molecule has 0 aliphatic heterocycles. The Morgan fingerprint density at radius 1 is 1.06 bits per heavy atom. The maximum atomic E-state index is 13.2. The van der Waals surface area contributed by atoms with Crippen molar-refractivity contribution in [3.8, 4) is 5.82 Å². The van der Waals surface area contributed by atoms with Crippen LogP contribution in [0.25, 0.3) is 16.7 Å². The Balaban J connectivity index is 1.64. The van der Waals surface area contributed by atoms with E-state index in [0.29, 0.717) is 27.6 Å². The molecule has 1 amide bonds. The van der Waals surface area contributed by atoms with Crippen molar-refractivity contribution < 1.29 is 14.3 Å². The number of ether oxygens (including phenoxy) is 1. The van der Waals surface area contributed by atoms with Crippen molar-refractivity contribution in [2.45, 2.75) is 12.1 Å². The number of fused-ring (bicyclic) bond motifs is 1. The zero-order chi connectivity index (χ0) is 23.4. The molecule has 0 aliphatic rings. The number of methoxy groups -OCH3 is 1. The van der Waals surface area contributed by atoms with E-state index in [2.05, 4.69) is 15.3 Å². The first-order valence-electron chi connectivity index (χ1n) is 10.0. The van der Waals surface area contributed by atoms with E-state index in [0.717, 1.165) is 17.3 Å². The Morgan fingerprint density at radius 3 is 2.58 bits per heavy atom. The fraction of sp³-hybridized carbons (Fsp3) is 0.125. The van der Waals surface area contributed by atoms with Gasteiger partial charge in [-0.3, -0.25) is 9.59 Å². The number of aromatic nitrogens is 3. The first-order valence-corrected chi connectivity index (χ1v) is 11.0. The number of nitrogens with zero attached hydrogens (tertiary/aromatic N) is 3. The fourth-order valence-corrected chi connectivity index (χ4v) is 4.00. The summed E-state index contributed by atoms with van der Waals surface area (Å²) in [5.41, 5.74) is 1.82. The number of amides is 1. The van der Waals surface area contributed by atoms with Crippen molar-refractivity contribution in [3.05, 3.63) is 88.3 Å². The maximum absolute atomic E-state index is 13.2. The molecule has 4 rings (SSSR count). The van der Waals surface area contributed by atoms with Gasteiger partial charge in [-0.05, 0) is 42.8 Å². The van der Waals surface area contributed by atoms with Gasteiger partial charge in [0.25, 0.3) is 5.56 Å². The highest BCUT2D eigenvalue weighted by molar-refractivity contribution is 7.99. The summed E-state index contributed by atoms with van der Waals surface area (Å²) in [7, 11) is 1.28. The average Bonchev–Trinajstić information content (AvgIpc) is 2.83. The fourth-order valence-electron chi connectivity index (χ4n) is 3.20. The monoisotopic (exact) mass is 460 g/mol. The normalized spacial score (nSPS) is 10.7. The number of benzene rings is 2. The van der Waals surface area contributed by atoms with Crippen LogP contribution in [0.5, 0.6) is 0 Å². The molecule has 2 aromatic carbocycles. The smallest absolute Gasteiger partial charge is 0.339 e. The third-order valence-electron chi connectivity index (χ3n) is 4.81. The molecule has 4 aromatic rings. The van der Waals surface area contributed by atoms with Crippen LogP contribution in [-0.2, 0) is 9.53 Å². The van der Waals surface area contributed by atoms with Crippen LogP contribution < -0.4 is 10.9 Å². The predicted molar refractivity (Wildman–Crippen MR) is 127 cm³/mol. The standard InChI is InChI=1S/C24H20N4O4S/c1-15-11-12-20(25-13-15)28-22(30)16-7-3-5-9-18(16)27-24(28)33-14-21(29)26-19-10-6-4-8-17(19)23(31)32-2/h3-13H,14H2,1-2H3,(H,26,29). The zero-order valence-corrected chi connectivity index (χ0v) is 18.8. The SMILES string of the molecule is COC(=O)c1ccccc1NC(=O)CSc1nc2ccccc2c(=O)n1-c1ccc(C)cn1. The molecule has 0 spiro atoms. The molecule has 0 saturated carbocycles. The number of thioether (sulfide) groups is 1. The summed E-state index contributed by atoms with van der Waals surface area (Å²) in [6.07, 6.45) is 1.67. The molecule has 33 heavy (non-hydrogen) atoms. The first kappa shape index (κ1) is 22.2. The largest absolute Gasteiger partial charge is 0.465 e. The van der Waals surface area contributed by atoms with Crippen molar-refractivity contribution in [3.63, 3.8) is 0 Å². The van der Waals surface area contributed by atoms with Gasteiger partial charge >= 0.3 is 5.97 Å².